The lowest BCUT2D eigenvalue weighted by Crippen LogP contribution is -2.12. The summed E-state index contributed by atoms with van der Waals surface area (Å²) in [6.07, 6.45) is 0. The zero-order valence-electron chi connectivity index (χ0n) is 9.71. The SMILES string of the molecule is CC(C)[C@H]1CSC(Nc2ccc(Cl)c(Br)c2)=N1. The second kappa shape index (κ2) is 5.63. The quantitative estimate of drug-likeness (QED) is 0.852. The van der Waals surface area contributed by atoms with Crippen LogP contribution >= 0.6 is 39.3 Å². The molecule has 1 aliphatic rings. The minimum Gasteiger partial charge on any atom is -0.335 e. The largest absolute Gasteiger partial charge is 0.335 e. The number of halogens is 2. The lowest BCUT2D eigenvalue weighted by atomic mass is 10.1. The Labute approximate surface area is 119 Å². The van der Waals surface area contributed by atoms with Crippen molar-refractivity contribution in [2.45, 2.75) is 19.9 Å². The van der Waals surface area contributed by atoms with Gasteiger partial charge < -0.3 is 5.32 Å². The van der Waals surface area contributed by atoms with Crippen molar-refractivity contribution in [1.29, 1.82) is 0 Å². The van der Waals surface area contributed by atoms with Gasteiger partial charge in [-0.05, 0) is 40.0 Å². The maximum Gasteiger partial charge on any atom is 0.161 e. The number of hydrogen-bond acceptors (Lipinski definition) is 3. The Morgan fingerprint density at radius 1 is 1.53 bits per heavy atom. The maximum absolute atomic E-state index is 5.95. The highest BCUT2D eigenvalue weighted by atomic mass is 79.9. The van der Waals surface area contributed by atoms with Gasteiger partial charge in [-0.25, -0.2) is 0 Å². The van der Waals surface area contributed by atoms with Crippen LogP contribution in [0.2, 0.25) is 5.02 Å². The van der Waals surface area contributed by atoms with Gasteiger partial charge in [0, 0.05) is 15.9 Å². The van der Waals surface area contributed by atoms with Crippen LogP contribution in [0.15, 0.2) is 27.7 Å². The van der Waals surface area contributed by atoms with E-state index in [9.17, 15) is 0 Å². The topological polar surface area (TPSA) is 24.4 Å². The van der Waals surface area contributed by atoms with E-state index in [4.69, 9.17) is 11.6 Å². The zero-order chi connectivity index (χ0) is 12.4. The lowest BCUT2D eigenvalue weighted by molar-refractivity contribution is 0.543. The minimum atomic E-state index is 0.429. The smallest absolute Gasteiger partial charge is 0.161 e. The molecular formula is C12H14BrClN2S. The van der Waals surface area contributed by atoms with E-state index < -0.39 is 0 Å². The van der Waals surface area contributed by atoms with Crippen LogP contribution in [0.4, 0.5) is 5.69 Å². The van der Waals surface area contributed by atoms with Gasteiger partial charge in [-0.3, -0.25) is 4.99 Å². The molecule has 0 aromatic heterocycles. The third-order valence-electron chi connectivity index (χ3n) is 2.61. The fourth-order valence-corrected chi connectivity index (χ4v) is 3.18. The van der Waals surface area contributed by atoms with Gasteiger partial charge in [0.2, 0.25) is 0 Å². The van der Waals surface area contributed by atoms with E-state index in [-0.39, 0.29) is 0 Å². The standard InChI is InChI=1S/C12H14BrClN2S/c1-7(2)11-6-17-12(16-11)15-8-3-4-10(14)9(13)5-8/h3-5,7,11H,6H2,1-2H3,(H,15,16)/t11-/m1/s1. The molecule has 0 bridgehead atoms. The van der Waals surface area contributed by atoms with Crippen molar-refractivity contribution in [1.82, 2.24) is 0 Å². The molecule has 0 fully saturated rings. The van der Waals surface area contributed by atoms with Crippen LogP contribution in [0.3, 0.4) is 0 Å². The van der Waals surface area contributed by atoms with Gasteiger partial charge >= 0.3 is 0 Å². The van der Waals surface area contributed by atoms with Gasteiger partial charge in [0.1, 0.15) is 0 Å². The van der Waals surface area contributed by atoms with Crippen molar-refractivity contribution >= 4 is 50.1 Å². The molecule has 92 valence electrons. The van der Waals surface area contributed by atoms with E-state index in [0.29, 0.717) is 12.0 Å². The monoisotopic (exact) mass is 332 g/mol. The predicted molar refractivity (Wildman–Crippen MR) is 81.3 cm³/mol. The van der Waals surface area contributed by atoms with Crippen molar-refractivity contribution in [3.8, 4) is 0 Å². The molecule has 0 amide bonds. The van der Waals surface area contributed by atoms with Crippen LogP contribution in [0, 0.1) is 5.92 Å². The molecule has 17 heavy (non-hydrogen) atoms. The van der Waals surface area contributed by atoms with Crippen molar-refractivity contribution in [3.05, 3.63) is 27.7 Å². The number of hydrogen-bond donors (Lipinski definition) is 1. The average molecular weight is 334 g/mol. The maximum atomic E-state index is 5.95. The molecule has 0 aliphatic carbocycles. The molecule has 1 aromatic carbocycles. The van der Waals surface area contributed by atoms with Gasteiger partial charge in [0.15, 0.2) is 5.17 Å². The molecule has 0 saturated carbocycles. The van der Waals surface area contributed by atoms with Gasteiger partial charge in [0.25, 0.3) is 0 Å². The van der Waals surface area contributed by atoms with Gasteiger partial charge in [-0.1, -0.05) is 37.2 Å². The van der Waals surface area contributed by atoms with Crippen LogP contribution in [0.25, 0.3) is 0 Å². The fraction of sp³-hybridized carbons (Fsp3) is 0.417. The van der Waals surface area contributed by atoms with Crippen LogP contribution in [-0.4, -0.2) is 17.0 Å². The Bertz CT molecular complexity index is 448. The summed E-state index contributed by atoms with van der Waals surface area (Å²) < 4.78 is 0.896. The molecule has 0 saturated heterocycles. The molecule has 2 nitrogen and oxygen atoms in total. The number of anilines is 1. The predicted octanol–water partition coefficient (Wildman–Crippen LogP) is 4.64. The number of aliphatic imine (C=N–C) groups is 1. The molecule has 1 heterocycles. The first-order valence-corrected chi connectivity index (χ1v) is 7.64. The number of nitrogens with zero attached hydrogens (tertiary/aromatic N) is 1. The van der Waals surface area contributed by atoms with Crippen molar-refractivity contribution in [2.75, 3.05) is 11.1 Å². The zero-order valence-corrected chi connectivity index (χ0v) is 12.9. The molecule has 1 N–H and O–H groups in total. The summed E-state index contributed by atoms with van der Waals surface area (Å²) in [7, 11) is 0. The van der Waals surface area contributed by atoms with E-state index in [0.717, 1.165) is 26.1 Å². The molecule has 1 aromatic rings. The first kappa shape index (κ1) is 13.2. The van der Waals surface area contributed by atoms with E-state index in [2.05, 4.69) is 40.1 Å². The summed E-state index contributed by atoms with van der Waals surface area (Å²) in [6.45, 7) is 4.41. The van der Waals surface area contributed by atoms with E-state index in [1.54, 1.807) is 11.8 Å². The van der Waals surface area contributed by atoms with E-state index in [1.807, 2.05) is 18.2 Å². The molecule has 0 radical (unpaired) electrons. The third kappa shape index (κ3) is 3.39. The van der Waals surface area contributed by atoms with E-state index >= 15 is 0 Å². The highest BCUT2D eigenvalue weighted by Crippen LogP contribution is 2.28. The Morgan fingerprint density at radius 2 is 2.29 bits per heavy atom. The highest BCUT2D eigenvalue weighted by Gasteiger charge is 2.21. The lowest BCUT2D eigenvalue weighted by Gasteiger charge is -2.08. The summed E-state index contributed by atoms with van der Waals surface area (Å²) in [5.74, 6) is 1.66. The first-order chi connectivity index (χ1) is 8.06. The molecule has 0 spiro atoms. The normalized spacial score (nSPS) is 19.6. The fourth-order valence-electron chi connectivity index (χ4n) is 1.50. The number of rotatable bonds is 2. The third-order valence-corrected chi connectivity index (χ3v) is 4.82. The number of benzene rings is 1. The Morgan fingerprint density at radius 3 is 2.88 bits per heavy atom. The molecule has 0 unspecified atom stereocenters. The van der Waals surface area contributed by atoms with Gasteiger partial charge in [-0.2, -0.15) is 0 Å². The van der Waals surface area contributed by atoms with Crippen molar-refractivity contribution in [2.24, 2.45) is 10.9 Å². The molecule has 1 aliphatic heterocycles. The molecule has 1 atom stereocenters. The summed E-state index contributed by atoms with van der Waals surface area (Å²) in [5.41, 5.74) is 1.01. The Hall–Kier alpha value is -0.190. The van der Waals surface area contributed by atoms with Crippen LogP contribution < -0.4 is 5.32 Å². The second-order valence-electron chi connectivity index (χ2n) is 4.31. The molecule has 2 rings (SSSR count). The second-order valence-corrected chi connectivity index (χ2v) is 6.58. The Balaban J connectivity index is 2.06. The minimum absolute atomic E-state index is 0.429. The number of amidine groups is 1. The van der Waals surface area contributed by atoms with Crippen LogP contribution in [0.5, 0.6) is 0 Å². The molecule has 5 heteroatoms. The first-order valence-electron chi connectivity index (χ1n) is 5.49. The summed E-state index contributed by atoms with van der Waals surface area (Å²) >= 11 is 11.1. The van der Waals surface area contributed by atoms with E-state index in [1.165, 1.54) is 0 Å². The van der Waals surface area contributed by atoms with Gasteiger partial charge in [0.05, 0.1) is 11.1 Å². The Kier molecular flexibility index (Phi) is 4.39. The summed E-state index contributed by atoms with van der Waals surface area (Å²) in [4.78, 5) is 4.66. The highest BCUT2D eigenvalue weighted by molar-refractivity contribution is 9.10. The van der Waals surface area contributed by atoms with Crippen LogP contribution in [-0.2, 0) is 0 Å². The van der Waals surface area contributed by atoms with Crippen molar-refractivity contribution in [3.63, 3.8) is 0 Å². The van der Waals surface area contributed by atoms with Gasteiger partial charge in [-0.15, -0.1) is 0 Å². The number of thioether (sulfide) groups is 1. The summed E-state index contributed by atoms with van der Waals surface area (Å²) in [5, 5.41) is 5.04. The van der Waals surface area contributed by atoms with Crippen molar-refractivity contribution < 1.29 is 0 Å². The average Bonchev–Trinajstić information content (AvgIpc) is 2.72. The number of nitrogens with one attached hydrogen (secondary N) is 1. The molecular weight excluding hydrogens is 320 g/mol. The summed E-state index contributed by atoms with van der Waals surface area (Å²) in [6, 6.07) is 6.22. The van der Waals surface area contributed by atoms with Crippen LogP contribution in [0.1, 0.15) is 13.8 Å².